The summed E-state index contributed by atoms with van der Waals surface area (Å²) in [6.07, 6.45) is 5.22. The molecule has 0 saturated heterocycles. The Morgan fingerprint density at radius 2 is 1.59 bits per heavy atom. The molecule has 2 heterocycles. The first-order valence-electron chi connectivity index (χ1n) is 12.0. The van der Waals surface area contributed by atoms with Gasteiger partial charge in [0.15, 0.2) is 0 Å². The molecule has 4 nitrogen and oxygen atoms in total. The first-order valence-corrected chi connectivity index (χ1v) is 12.8. The fourth-order valence-corrected chi connectivity index (χ4v) is 6.27. The maximum absolute atomic E-state index is 12.0. The number of nitrogens with zero attached hydrogens (tertiary/aromatic N) is 2. The predicted molar refractivity (Wildman–Crippen MR) is 145 cm³/mol. The van der Waals surface area contributed by atoms with Crippen molar-refractivity contribution in [3.05, 3.63) is 91.4 Å². The molecule has 0 radical (unpaired) electrons. The Kier molecular flexibility index (Phi) is 5.90. The van der Waals surface area contributed by atoms with E-state index in [4.69, 9.17) is 0 Å². The van der Waals surface area contributed by atoms with Crippen molar-refractivity contribution in [3.63, 3.8) is 0 Å². The van der Waals surface area contributed by atoms with Gasteiger partial charge in [-0.2, -0.15) is 0 Å². The van der Waals surface area contributed by atoms with Gasteiger partial charge in [-0.05, 0) is 85.2 Å². The number of aryl methyl sites for hydroxylation is 3. The van der Waals surface area contributed by atoms with E-state index in [0.717, 1.165) is 9.71 Å². The number of fused-ring (bicyclic) bond motifs is 6. The van der Waals surface area contributed by atoms with E-state index in [0.29, 0.717) is 5.39 Å². The van der Waals surface area contributed by atoms with Crippen molar-refractivity contribution in [2.24, 2.45) is 7.05 Å². The largest absolute Gasteiger partial charge is 0.332 e. The lowest BCUT2D eigenvalue weighted by Crippen LogP contribution is -2.38. The average Bonchev–Trinajstić information content (AvgIpc) is 3.23. The molecule has 0 atom stereocenters. The zero-order chi connectivity index (χ0) is 24.0. The Balaban J connectivity index is 0.000000143. The summed E-state index contributed by atoms with van der Waals surface area (Å²) in [6.45, 7) is 5.83. The molecule has 174 valence electrons. The molecule has 6 rings (SSSR count). The van der Waals surface area contributed by atoms with E-state index >= 15 is 0 Å². The Labute approximate surface area is 203 Å². The Morgan fingerprint density at radius 3 is 2.38 bits per heavy atom. The molecule has 0 aliphatic heterocycles. The maximum atomic E-state index is 12.0. The third-order valence-corrected chi connectivity index (χ3v) is 7.91. The van der Waals surface area contributed by atoms with Gasteiger partial charge in [0.05, 0.1) is 5.39 Å². The highest BCUT2D eigenvalue weighted by Crippen LogP contribution is 2.33. The van der Waals surface area contributed by atoms with Gasteiger partial charge in [-0.3, -0.25) is 13.9 Å². The molecular formula is C29H30N2O2S. The molecule has 0 fully saturated rings. The highest BCUT2D eigenvalue weighted by atomic mass is 32.1. The fraction of sp³-hybridized carbons (Fsp3) is 0.310. The second-order valence-electron chi connectivity index (χ2n) is 9.48. The zero-order valence-electron chi connectivity index (χ0n) is 20.2. The number of aromatic nitrogens is 2. The van der Waals surface area contributed by atoms with E-state index < -0.39 is 0 Å². The minimum atomic E-state index is -0.241. The van der Waals surface area contributed by atoms with Crippen LogP contribution in [0.2, 0.25) is 0 Å². The van der Waals surface area contributed by atoms with E-state index in [1.165, 1.54) is 70.2 Å². The molecule has 0 N–H and O–H groups in total. The molecule has 0 amide bonds. The molecule has 0 saturated carbocycles. The van der Waals surface area contributed by atoms with E-state index in [1.54, 1.807) is 15.7 Å². The van der Waals surface area contributed by atoms with Gasteiger partial charge in [-0.1, -0.05) is 48.5 Å². The van der Waals surface area contributed by atoms with Crippen LogP contribution in [0.15, 0.2) is 64.2 Å². The van der Waals surface area contributed by atoms with Gasteiger partial charge in [-0.25, -0.2) is 4.79 Å². The summed E-state index contributed by atoms with van der Waals surface area (Å²) in [4.78, 5) is 25.7. The third-order valence-electron chi connectivity index (χ3n) is 6.86. The molecule has 0 bridgehead atoms. The summed E-state index contributed by atoms with van der Waals surface area (Å²) < 4.78 is 2.85. The fourth-order valence-electron chi connectivity index (χ4n) is 5.15. The van der Waals surface area contributed by atoms with Crippen molar-refractivity contribution in [1.82, 2.24) is 9.13 Å². The smallest absolute Gasteiger partial charge is 0.282 e. The molecular weight excluding hydrogens is 440 g/mol. The monoisotopic (exact) mass is 470 g/mol. The first kappa shape index (κ1) is 22.6. The van der Waals surface area contributed by atoms with Crippen LogP contribution in [-0.4, -0.2) is 9.13 Å². The third kappa shape index (κ3) is 3.78. The first-order chi connectivity index (χ1) is 16.4. The van der Waals surface area contributed by atoms with Crippen LogP contribution < -0.4 is 11.2 Å². The summed E-state index contributed by atoms with van der Waals surface area (Å²) in [5.74, 6) is 0. The Bertz CT molecular complexity index is 1650. The Morgan fingerprint density at radius 1 is 0.853 bits per heavy atom. The van der Waals surface area contributed by atoms with Crippen molar-refractivity contribution in [1.29, 1.82) is 0 Å². The SMILES string of the molecule is Cc1cc2c(=O)n(C)c(=O)n(C(C)C)c2s1.c1ccc2c(c1)ccc1c3c(ccc12)CCCC3. The lowest BCUT2D eigenvalue weighted by molar-refractivity contribution is 0.559. The lowest BCUT2D eigenvalue weighted by Gasteiger charge is -2.18. The quantitative estimate of drug-likeness (QED) is 0.262. The Hall–Kier alpha value is -3.18. The van der Waals surface area contributed by atoms with Crippen LogP contribution in [0.4, 0.5) is 0 Å². The molecule has 5 heteroatoms. The summed E-state index contributed by atoms with van der Waals surface area (Å²) in [6, 6.07) is 19.9. The minimum absolute atomic E-state index is 0.0554. The topological polar surface area (TPSA) is 44.0 Å². The van der Waals surface area contributed by atoms with Crippen LogP contribution in [-0.2, 0) is 19.9 Å². The normalized spacial score (nSPS) is 13.3. The summed E-state index contributed by atoms with van der Waals surface area (Å²) in [5.41, 5.74) is 2.73. The van der Waals surface area contributed by atoms with Crippen molar-refractivity contribution >= 4 is 43.1 Å². The van der Waals surface area contributed by atoms with Gasteiger partial charge < -0.3 is 0 Å². The van der Waals surface area contributed by atoms with E-state index in [2.05, 4.69) is 48.5 Å². The van der Waals surface area contributed by atoms with Crippen molar-refractivity contribution < 1.29 is 0 Å². The number of hydrogen-bond acceptors (Lipinski definition) is 3. The average molecular weight is 471 g/mol. The van der Waals surface area contributed by atoms with Gasteiger partial charge in [0.25, 0.3) is 5.56 Å². The van der Waals surface area contributed by atoms with Crippen molar-refractivity contribution in [3.8, 4) is 0 Å². The molecule has 1 aliphatic carbocycles. The second kappa shape index (κ2) is 8.88. The standard InChI is InChI=1S/C18H16.C11H14N2O2S/c1-3-7-15-13(5-1)9-11-18-16-8-4-2-6-14(16)10-12-17(15)18;1-6(2)13-10-8(5-7(3)16-10)9(14)12(4)11(13)15/h1,3,5,7,9-12H,2,4,6,8H2;5-6H,1-4H3. The number of hydrogen-bond donors (Lipinski definition) is 0. The minimum Gasteiger partial charge on any atom is -0.282 e. The zero-order valence-corrected chi connectivity index (χ0v) is 21.0. The highest BCUT2D eigenvalue weighted by Gasteiger charge is 2.15. The van der Waals surface area contributed by atoms with Gasteiger partial charge in [0.2, 0.25) is 0 Å². The molecule has 5 aromatic rings. The number of rotatable bonds is 1. The van der Waals surface area contributed by atoms with E-state index in [1.807, 2.05) is 26.8 Å². The van der Waals surface area contributed by atoms with Gasteiger partial charge >= 0.3 is 5.69 Å². The number of thiophene rings is 1. The van der Waals surface area contributed by atoms with E-state index in [9.17, 15) is 9.59 Å². The van der Waals surface area contributed by atoms with Gasteiger partial charge in [0, 0.05) is 18.0 Å². The van der Waals surface area contributed by atoms with Crippen LogP contribution in [0.5, 0.6) is 0 Å². The predicted octanol–water partition coefficient (Wildman–Crippen LogP) is 6.52. The molecule has 0 spiro atoms. The molecule has 2 aromatic heterocycles. The van der Waals surface area contributed by atoms with Crippen LogP contribution in [0.1, 0.15) is 48.7 Å². The second-order valence-corrected chi connectivity index (χ2v) is 10.7. The van der Waals surface area contributed by atoms with Crippen LogP contribution in [0.25, 0.3) is 31.8 Å². The number of benzene rings is 3. The van der Waals surface area contributed by atoms with Crippen molar-refractivity contribution in [2.45, 2.75) is 52.5 Å². The maximum Gasteiger partial charge on any atom is 0.332 e. The summed E-state index contributed by atoms with van der Waals surface area (Å²) >= 11 is 1.49. The lowest BCUT2D eigenvalue weighted by atomic mass is 9.86. The molecule has 0 unspecified atom stereocenters. The summed E-state index contributed by atoms with van der Waals surface area (Å²) in [7, 11) is 1.52. The molecule has 34 heavy (non-hydrogen) atoms. The summed E-state index contributed by atoms with van der Waals surface area (Å²) in [5, 5.41) is 6.28. The highest BCUT2D eigenvalue weighted by molar-refractivity contribution is 7.18. The van der Waals surface area contributed by atoms with Crippen LogP contribution in [0.3, 0.4) is 0 Å². The van der Waals surface area contributed by atoms with Crippen molar-refractivity contribution in [2.75, 3.05) is 0 Å². The van der Waals surface area contributed by atoms with Crippen LogP contribution >= 0.6 is 11.3 Å². The van der Waals surface area contributed by atoms with Crippen LogP contribution in [0, 0.1) is 6.92 Å². The van der Waals surface area contributed by atoms with Gasteiger partial charge in [-0.15, -0.1) is 11.3 Å². The van der Waals surface area contributed by atoms with Gasteiger partial charge in [0.1, 0.15) is 4.83 Å². The molecule has 3 aromatic carbocycles. The van der Waals surface area contributed by atoms with E-state index in [-0.39, 0.29) is 17.3 Å². The molecule has 1 aliphatic rings.